The minimum atomic E-state index is 0.0230. The molecule has 1 aromatic rings. The summed E-state index contributed by atoms with van der Waals surface area (Å²) in [6.07, 6.45) is 3.24. The molecular formula is C18H28N2O2. The Balaban J connectivity index is 1.84. The van der Waals surface area contributed by atoms with Crippen LogP contribution >= 0.6 is 0 Å². The van der Waals surface area contributed by atoms with Gasteiger partial charge in [-0.05, 0) is 55.3 Å². The van der Waals surface area contributed by atoms with Gasteiger partial charge in [0.1, 0.15) is 0 Å². The number of carbonyl (C=O) groups is 1. The van der Waals surface area contributed by atoms with Crippen molar-refractivity contribution in [1.29, 1.82) is 0 Å². The monoisotopic (exact) mass is 304 g/mol. The fraction of sp³-hybridized carbons (Fsp3) is 0.611. The van der Waals surface area contributed by atoms with Crippen molar-refractivity contribution in [2.75, 3.05) is 31.6 Å². The van der Waals surface area contributed by atoms with Gasteiger partial charge in [0.2, 0.25) is 5.91 Å². The molecule has 4 nitrogen and oxygen atoms in total. The van der Waals surface area contributed by atoms with Gasteiger partial charge in [0.25, 0.3) is 0 Å². The second-order valence-electron chi connectivity index (χ2n) is 6.41. The third-order valence-corrected chi connectivity index (χ3v) is 4.60. The molecule has 122 valence electrons. The van der Waals surface area contributed by atoms with E-state index in [1.807, 2.05) is 12.1 Å². The average Bonchev–Trinajstić information content (AvgIpc) is 2.55. The standard InChI is InChI=1S/C18H28N2O2/c1-3-14(2)16-6-8-17(9-7-16)19-18(22)12-20-10-4-5-15(11-20)13-21/h6-9,14-15,21H,3-5,10-13H2,1-2H3,(H,19,22). The third kappa shape index (κ3) is 4.82. The summed E-state index contributed by atoms with van der Waals surface area (Å²) >= 11 is 0. The van der Waals surface area contributed by atoms with Gasteiger partial charge in [-0.3, -0.25) is 9.69 Å². The number of aliphatic hydroxyl groups is 1. The molecule has 0 bridgehead atoms. The first-order valence-electron chi connectivity index (χ1n) is 8.35. The number of nitrogens with zero attached hydrogens (tertiary/aromatic N) is 1. The first-order valence-corrected chi connectivity index (χ1v) is 8.35. The van der Waals surface area contributed by atoms with Crippen molar-refractivity contribution in [3.63, 3.8) is 0 Å². The number of hydrogen-bond acceptors (Lipinski definition) is 3. The van der Waals surface area contributed by atoms with E-state index in [-0.39, 0.29) is 12.5 Å². The zero-order valence-electron chi connectivity index (χ0n) is 13.7. The first kappa shape index (κ1) is 17.0. The lowest BCUT2D eigenvalue weighted by atomic mass is 9.98. The molecule has 2 atom stereocenters. The zero-order valence-corrected chi connectivity index (χ0v) is 13.7. The Hall–Kier alpha value is -1.39. The van der Waals surface area contributed by atoms with Gasteiger partial charge in [0.15, 0.2) is 0 Å². The number of aliphatic hydroxyl groups excluding tert-OH is 1. The van der Waals surface area contributed by atoms with Crippen molar-refractivity contribution in [1.82, 2.24) is 4.90 Å². The minimum absolute atomic E-state index is 0.0230. The molecule has 0 radical (unpaired) electrons. The van der Waals surface area contributed by atoms with E-state index in [1.54, 1.807) is 0 Å². The normalized spacial score (nSPS) is 20.6. The summed E-state index contributed by atoms with van der Waals surface area (Å²) in [5, 5.41) is 12.2. The molecule has 4 heteroatoms. The molecular weight excluding hydrogens is 276 g/mol. The minimum Gasteiger partial charge on any atom is -0.396 e. The Morgan fingerprint density at radius 2 is 2.14 bits per heavy atom. The van der Waals surface area contributed by atoms with Crippen molar-refractivity contribution in [3.05, 3.63) is 29.8 Å². The number of piperidine rings is 1. The molecule has 0 saturated carbocycles. The van der Waals surface area contributed by atoms with E-state index in [1.165, 1.54) is 5.56 Å². The summed E-state index contributed by atoms with van der Waals surface area (Å²) in [6, 6.07) is 8.14. The van der Waals surface area contributed by atoms with Gasteiger partial charge in [-0.1, -0.05) is 26.0 Å². The Kier molecular flexibility index (Phi) is 6.40. The van der Waals surface area contributed by atoms with E-state index in [0.717, 1.165) is 38.0 Å². The van der Waals surface area contributed by atoms with Crippen LogP contribution in [-0.2, 0) is 4.79 Å². The molecule has 0 aromatic heterocycles. The second-order valence-corrected chi connectivity index (χ2v) is 6.41. The highest BCUT2D eigenvalue weighted by molar-refractivity contribution is 5.92. The average molecular weight is 304 g/mol. The van der Waals surface area contributed by atoms with Gasteiger partial charge >= 0.3 is 0 Å². The molecule has 1 fully saturated rings. The van der Waals surface area contributed by atoms with E-state index >= 15 is 0 Å². The number of rotatable bonds is 6. The molecule has 1 amide bonds. The molecule has 1 aliphatic rings. The lowest BCUT2D eigenvalue weighted by Crippen LogP contribution is -2.41. The smallest absolute Gasteiger partial charge is 0.238 e. The number of benzene rings is 1. The van der Waals surface area contributed by atoms with Gasteiger partial charge in [-0.2, -0.15) is 0 Å². The van der Waals surface area contributed by atoms with Gasteiger partial charge in [-0.25, -0.2) is 0 Å². The molecule has 0 aliphatic carbocycles. The van der Waals surface area contributed by atoms with E-state index in [0.29, 0.717) is 18.4 Å². The third-order valence-electron chi connectivity index (χ3n) is 4.60. The van der Waals surface area contributed by atoms with Gasteiger partial charge < -0.3 is 10.4 Å². The van der Waals surface area contributed by atoms with Gasteiger partial charge in [-0.15, -0.1) is 0 Å². The lowest BCUT2D eigenvalue weighted by Gasteiger charge is -2.31. The van der Waals surface area contributed by atoms with E-state index in [9.17, 15) is 9.90 Å². The van der Waals surface area contributed by atoms with Crippen LogP contribution in [0.2, 0.25) is 0 Å². The summed E-state index contributed by atoms with van der Waals surface area (Å²) in [7, 11) is 0. The van der Waals surface area contributed by atoms with Gasteiger partial charge in [0, 0.05) is 18.8 Å². The van der Waals surface area contributed by atoms with E-state index in [4.69, 9.17) is 0 Å². The summed E-state index contributed by atoms with van der Waals surface area (Å²) < 4.78 is 0. The predicted molar refractivity (Wildman–Crippen MR) is 90.0 cm³/mol. The Morgan fingerprint density at radius 1 is 1.41 bits per heavy atom. The van der Waals surface area contributed by atoms with Crippen LogP contribution in [0, 0.1) is 5.92 Å². The van der Waals surface area contributed by atoms with Crippen LogP contribution in [0.1, 0.15) is 44.6 Å². The van der Waals surface area contributed by atoms with E-state index < -0.39 is 0 Å². The SMILES string of the molecule is CCC(C)c1ccc(NC(=O)CN2CCCC(CO)C2)cc1. The largest absolute Gasteiger partial charge is 0.396 e. The summed E-state index contributed by atoms with van der Waals surface area (Å²) in [4.78, 5) is 14.3. The molecule has 2 N–H and O–H groups in total. The Labute approximate surface area is 133 Å². The highest BCUT2D eigenvalue weighted by atomic mass is 16.3. The van der Waals surface area contributed by atoms with Crippen LogP contribution in [0.4, 0.5) is 5.69 Å². The number of likely N-dealkylation sites (tertiary alicyclic amines) is 1. The fourth-order valence-electron chi connectivity index (χ4n) is 2.98. The molecule has 2 unspecified atom stereocenters. The van der Waals surface area contributed by atoms with Crippen LogP contribution in [0.25, 0.3) is 0 Å². The molecule has 2 rings (SSSR count). The van der Waals surface area contributed by atoms with Crippen molar-refractivity contribution in [3.8, 4) is 0 Å². The molecule has 1 heterocycles. The second kappa shape index (κ2) is 8.30. The number of hydrogen-bond donors (Lipinski definition) is 2. The molecule has 1 aliphatic heterocycles. The highest BCUT2D eigenvalue weighted by Crippen LogP contribution is 2.20. The molecule has 0 spiro atoms. The summed E-state index contributed by atoms with van der Waals surface area (Å²) in [5.41, 5.74) is 2.16. The van der Waals surface area contributed by atoms with Crippen LogP contribution < -0.4 is 5.32 Å². The number of nitrogens with one attached hydrogen (secondary N) is 1. The van der Waals surface area contributed by atoms with Gasteiger partial charge in [0.05, 0.1) is 6.54 Å². The number of amides is 1. The zero-order chi connectivity index (χ0) is 15.9. The summed E-state index contributed by atoms with van der Waals surface area (Å²) in [6.45, 7) is 6.77. The first-order chi connectivity index (χ1) is 10.6. The Bertz CT molecular complexity index is 472. The van der Waals surface area contributed by atoms with Crippen LogP contribution in [0.5, 0.6) is 0 Å². The molecule has 1 aromatic carbocycles. The molecule has 1 saturated heterocycles. The molecule has 22 heavy (non-hydrogen) atoms. The van der Waals surface area contributed by atoms with Crippen LogP contribution in [0.3, 0.4) is 0 Å². The predicted octanol–water partition coefficient (Wildman–Crippen LogP) is 2.84. The van der Waals surface area contributed by atoms with Crippen molar-refractivity contribution < 1.29 is 9.90 Å². The lowest BCUT2D eigenvalue weighted by molar-refractivity contribution is -0.117. The van der Waals surface area contributed by atoms with Crippen LogP contribution in [-0.4, -0.2) is 42.2 Å². The maximum absolute atomic E-state index is 12.1. The maximum Gasteiger partial charge on any atom is 0.238 e. The quantitative estimate of drug-likeness (QED) is 0.849. The van der Waals surface area contributed by atoms with Crippen molar-refractivity contribution >= 4 is 11.6 Å². The topological polar surface area (TPSA) is 52.6 Å². The maximum atomic E-state index is 12.1. The number of anilines is 1. The number of carbonyl (C=O) groups excluding carboxylic acids is 1. The summed E-state index contributed by atoms with van der Waals surface area (Å²) in [5.74, 6) is 0.889. The fourth-order valence-corrected chi connectivity index (χ4v) is 2.98. The highest BCUT2D eigenvalue weighted by Gasteiger charge is 2.20. The van der Waals surface area contributed by atoms with Crippen molar-refractivity contribution in [2.45, 2.75) is 39.0 Å². The van der Waals surface area contributed by atoms with Crippen molar-refractivity contribution in [2.24, 2.45) is 5.92 Å². The van der Waals surface area contributed by atoms with E-state index in [2.05, 4.69) is 36.2 Å². The Morgan fingerprint density at radius 3 is 2.77 bits per heavy atom. The van der Waals surface area contributed by atoms with Crippen LogP contribution in [0.15, 0.2) is 24.3 Å².